The Balaban J connectivity index is 2.86. The van der Waals surface area contributed by atoms with Crippen LogP contribution in [0, 0.1) is 0 Å². The predicted octanol–water partition coefficient (Wildman–Crippen LogP) is 2.80. The van der Waals surface area contributed by atoms with Gasteiger partial charge in [0.15, 0.2) is 0 Å². The van der Waals surface area contributed by atoms with Crippen LogP contribution in [0.15, 0.2) is 43.0 Å². The lowest BCUT2D eigenvalue weighted by Crippen LogP contribution is -2.45. The summed E-state index contributed by atoms with van der Waals surface area (Å²) in [4.78, 5) is 0. The van der Waals surface area contributed by atoms with E-state index < -0.39 is 17.9 Å². The highest BCUT2D eigenvalue weighted by molar-refractivity contribution is 5.19. The molecule has 1 rings (SSSR count). The second-order valence-corrected chi connectivity index (χ2v) is 3.72. The van der Waals surface area contributed by atoms with Crippen molar-refractivity contribution in [3.05, 3.63) is 48.6 Å². The zero-order valence-corrected chi connectivity index (χ0v) is 8.58. The van der Waals surface area contributed by atoms with Gasteiger partial charge < -0.3 is 5.11 Å². The van der Waals surface area contributed by atoms with Gasteiger partial charge in [0.25, 0.3) is 5.92 Å². The number of halogens is 2. The van der Waals surface area contributed by atoms with Crippen molar-refractivity contribution in [2.24, 2.45) is 0 Å². The van der Waals surface area contributed by atoms with Crippen molar-refractivity contribution in [2.45, 2.75) is 24.9 Å². The minimum Gasteiger partial charge on any atom is -0.380 e. The van der Waals surface area contributed by atoms with Crippen LogP contribution in [0.5, 0.6) is 0 Å². The van der Waals surface area contributed by atoms with Gasteiger partial charge in [-0.2, -0.15) is 0 Å². The second kappa shape index (κ2) is 4.11. The molecule has 1 aromatic rings. The number of alkyl halides is 2. The summed E-state index contributed by atoms with van der Waals surface area (Å²) in [6, 6.07) is 8.34. The monoisotopic (exact) mass is 212 g/mol. The molecule has 0 aliphatic carbocycles. The second-order valence-electron chi connectivity index (χ2n) is 3.72. The maximum atomic E-state index is 13.6. The Morgan fingerprint density at radius 1 is 1.33 bits per heavy atom. The van der Waals surface area contributed by atoms with E-state index in [0.717, 1.165) is 13.0 Å². The summed E-state index contributed by atoms with van der Waals surface area (Å²) in [5.74, 6) is -3.21. The van der Waals surface area contributed by atoms with E-state index in [2.05, 4.69) is 6.58 Å². The predicted molar refractivity (Wildman–Crippen MR) is 55.9 cm³/mol. The minimum absolute atomic E-state index is 0.490. The molecule has 0 aliphatic heterocycles. The SMILES string of the molecule is C=CC(C)(O)C(F)(F)Cc1ccccc1. The largest absolute Gasteiger partial charge is 0.380 e. The molecule has 82 valence electrons. The van der Waals surface area contributed by atoms with E-state index in [1.807, 2.05) is 0 Å². The summed E-state index contributed by atoms with van der Waals surface area (Å²) in [6.45, 7) is 4.27. The van der Waals surface area contributed by atoms with Gasteiger partial charge in [0.05, 0.1) is 0 Å². The molecule has 0 fully saturated rings. The van der Waals surface area contributed by atoms with E-state index >= 15 is 0 Å². The van der Waals surface area contributed by atoms with E-state index in [0.29, 0.717) is 5.56 Å². The standard InChI is InChI=1S/C12H14F2O/c1-3-11(2,15)12(13,14)9-10-7-5-4-6-8-10/h3-8,15H,1,9H2,2H3. The van der Waals surface area contributed by atoms with Crippen LogP contribution in [-0.2, 0) is 6.42 Å². The third-order valence-electron chi connectivity index (χ3n) is 2.41. The third-order valence-corrected chi connectivity index (χ3v) is 2.41. The summed E-state index contributed by atoms with van der Waals surface area (Å²) < 4.78 is 27.1. The van der Waals surface area contributed by atoms with Crippen molar-refractivity contribution in [2.75, 3.05) is 0 Å². The Morgan fingerprint density at radius 2 is 1.87 bits per heavy atom. The average Bonchev–Trinajstić information content (AvgIpc) is 2.18. The van der Waals surface area contributed by atoms with Crippen molar-refractivity contribution in [3.63, 3.8) is 0 Å². The first kappa shape index (κ1) is 11.9. The van der Waals surface area contributed by atoms with E-state index in [9.17, 15) is 13.9 Å². The number of rotatable bonds is 4. The zero-order chi connectivity index (χ0) is 11.5. The van der Waals surface area contributed by atoms with Crippen LogP contribution in [0.4, 0.5) is 8.78 Å². The van der Waals surface area contributed by atoms with Crippen molar-refractivity contribution < 1.29 is 13.9 Å². The molecule has 0 aromatic heterocycles. The molecule has 0 amide bonds. The molecule has 0 saturated heterocycles. The molecule has 3 heteroatoms. The van der Waals surface area contributed by atoms with Crippen molar-refractivity contribution in [3.8, 4) is 0 Å². The maximum absolute atomic E-state index is 13.6. The van der Waals surface area contributed by atoms with E-state index in [-0.39, 0.29) is 0 Å². The molecule has 0 aliphatic rings. The molecule has 1 N–H and O–H groups in total. The molecule has 0 spiro atoms. The summed E-state index contributed by atoms with van der Waals surface area (Å²) in [5.41, 5.74) is -1.69. The molecular formula is C12H14F2O. The van der Waals surface area contributed by atoms with Crippen molar-refractivity contribution >= 4 is 0 Å². The van der Waals surface area contributed by atoms with Crippen LogP contribution in [0.25, 0.3) is 0 Å². The fourth-order valence-electron chi connectivity index (χ4n) is 1.18. The van der Waals surface area contributed by atoms with Crippen LogP contribution in [0.3, 0.4) is 0 Å². The molecule has 15 heavy (non-hydrogen) atoms. The molecule has 0 bridgehead atoms. The van der Waals surface area contributed by atoms with E-state index in [1.165, 1.54) is 0 Å². The Labute approximate surface area is 88.1 Å². The normalized spacial score (nSPS) is 15.7. The fraction of sp³-hybridized carbons (Fsp3) is 0.333. The van der Waals surface area contributed by atoms with Crippen molar-refractivity contribution in [1.29, 1.82) is 0 Å². The fourth-order valence-corrected chi connectivity index (χ4v) is 1.18. The molecule has 1 nitrogen and oxygen atoms in total. The Kier molecular flexibility index (Phi) is 3.25. The zero-order valence-electron chi connectivity index (χ0n) is 8.58. The lowest BCUT2D eigenvalue weighted by molar-refractivity contribution is -0.143. The number of hydrogen-bond donors (Lipinski definition) is 1. The summed E-state index contributed by atoms with van der Waals surface area (Å²) in [5, 5.41) is 9.44. The number of benzene rings is 1. The lowest BCUT2D eigenvalue weighted by atomic mass is 9.92. The first-order valence-corrected chi connectivity index (χ1v) is 4.67. The average molecular weight is 212 g/mol. The number of aliphatic hydroxyl groups is 1. The summed E-state index contributed by atoms with van der Waals surface area (Å²) >= 11 is 0. The Morgan fingerprint density at radius 3 is 2.33 bits per heavy atom. The summed E-state index contributed by atoms with van der Waals surface area (Å²) in [7, 11) is 0. The molecule has 1 unspecified atom stereocenters. The molecular weight excluding hydrogens is 198 g/mol. The molecule has 0 heterocycles. The highest BCUT2D eigenvalue weighted by Gasteiger charge is 2.46. The van der Waals surface area contributed by atoms with Gasteiger partial charge in [0, 0.05) is 6.42 Å². The van der Waals surface area contributed by atoms with Gasteiger partial charge in [-0.3, -0.25) is 0 Å². The third kappa shape index (κ3) is 2.63. The van der Waals surface area contributed by atoms with Crippen LogP contribution in [0.2, 0.25) is 0 Å². The smallest absolute Gasteiger partial charge is 0.283 e. The van der Waals surface area contributed by atoms with Crippen LogP contribution >= 0.6 is 0 Å². The first-order valence-electron chi connectivity index (χ1n) is 4.67. The highest BCUT2D eigenvalue weighted by atomic mass is 19.3. The topological polar surface area (TPSA) is 20.2 Å². The maximum Gasteiger partial charge on any atom is 0.283 e. The van der Waals surface area contributed by atoms with Crippen LogP contribution < -0.4 is 0 Å². The first-order chi connectivity index (χ1) is 6.89. The van der Waals surface area contributed by atoms with Gasteiger partial charge in [0.2, 0.25) is 0 Å². The highest BCUT2D eigenvalue weighted by Crippen LogP contribution is 2.32. The number of hydrogen-bond acceptors (Lipinski definition) is 1. The van der Waals surface area contributed by atoms with E-state index in [1.54, 1.807) is 30.3 Å². The van der Waals surface area contributed by atoms with Gasteiger partial charge in [-0.25, -0.2) is 8.78 Å². The van der Waals surface area contributed by atoms with E-state index in [4.69, 9.17) is 0 Å². The van der Waals surface area contributed by atoms with Crippen molar-refractivity contribution in [1.82, 2.24) is 0 Å². The van der Waals surface area contributed by atoms with Gasteiger partial charge >= 0.3 is 0 Å². The van der Waals surface area contributed by atoms with Crippen LogP contribution in [0.1, 0.15) is 12.5 Å². The van der Waals surface area contributed by atoms with Crippen LogP contribution in [-0.4, -0.2) is 16.6 Å². The quantitative estimate of drug-likeness (QED) is 0.761. The Bertz CT molecular complexity index is 331. The molecule has 0 saturated carbocycles. The lowest BCUT2D eigenvalue weighted by Gasteiger charge is -2.29. The summed E-state index contributed by atoms with van der Waals surface area (Å²) in [6.07, 6.45) is 0.378. The van der Waals surface area contributed by atoms with Gasteiger partial charge in [0.1, 0.15) is 5.60 Å². The van der Waals surface area contributed by atoms with Gasteiger partial charge in [-0.05, 0) is 12.5 Å². The molecule has 1 atom stereocenters. The molecule has 1 aromatic carbocycles. The minimum atomic E-state index is -3.21. The van der Waals surface area contributed by atoms with Gasteiger partial charge in [-0.1, -0.05) is 36.4 Å². The molecule has 0 radical (unpaired) electrons. The Hall–Kier alpha value is -1.22. The van der Waals surface area contributed by atoms with Gasteiger partial charge in [-0.15, -0.1) is 6.58 Å².